The van der Waals surface area contributed by atoms with Gasteiger partial charge in [-0.2, -0.15) is 10.2 Å². The van der Waals surface area contributed by atoms with Crippen molar-refractivity contribution in [3.8, 4) is 12.3 Å². The van der Waals surface area contributed by atoms with Gasteiger partial charge in [-0.3, -0.25) is 9.69 Å². The Hall–Kier alpha value is -2.19. The summed E-state index contributed by atoms with van der Waals surface area (Å²) in [5, 5.41) is 11.4. The molecule has 0 aromatic heterocycles. The normalized spacial score (nSPS) is 28.2. The number of likely N-dealkylation sites (tertiary alicyclic amines) is 1. The molecule has 0 spiro atoms. The van der Waals surface area contributed by atoms with E-state index >= 15 is 0 Å². The van der Waals surface area contributed by atoms with E-state index in [1.165, 1.54) is 5.56 Å². The monoisotopic (exact) mass is 336 g/mol. The quantitative estimate of drug-likeness (QED) is 0.742. The van der Waals surface area contributed by atoms with E-state index < -0.39 is 0 Å². The highest BCUT2D eigenvalue weighted by Gasteiger charge is 2.64. The molecule has 0 bridgehead atoms. The van der Waals surface area contributed by atoms with Crippen LogP contribution in [-0.2, 0) is 11.3 Å². The van der Waals surface area contributed by atoms with Crippen LogP contribution in [0, 0.1) is 23.7 Å². The number of nitrogens with zero attached hydrogens (tertiary/aromatic N) is 3. The van der Waals surface area contributed by atoms with Gasteiger partial charge in [0, 0.05) is 45.4 Å². The number of nitrogens with one attached hydrogen (secondary N) is 1. The maximum atomic E-state index is 12.7. The second kappa shape index (κ2) is 6.27. The summed E-state index contributed by atoms with van der Waals surface area (Å²) < 4.78 is 0. The van der Waals surface area contributed by atoms with Crippen molar-refractivity contribution < 1.29 is 4.79 Å². The molecule has 25 heavy (non-hydrogen) atoms. The Bertz CT molecular complexity index is 717. The second-order valence-corrected chi connectivity index (χ2v) is 7.60. The number of rotatable bonds is 8. The Balaban J connectivity index is 1.24. The fourth-order valence-corrected chi connectivity index (χ4v) is 4.12. The molecule has 130 valence electrons. The van der Waals surface area contributed by atoms with E-state index in [2.05, 4.69) is 50.6 Å². The highest BCUT2D eigenvalue weighted by atomic mass is 16.2. The van der Waals surface area contributed by atoms with Crippen molar-refractivity contribution in [2.24, 2.45) is 21.6 Å². The zero-order valence-corrected chi connectivity index (χ0v) is 14.4. The number of benzene rings is 1. The first-order valence-electron chi connectivity index (χ1n) is 9.08. The summed E-state index contributed by atoms with van der Waals surface area (Å²) in [5.74, 6) is 3.36. The van der Waals surface area contributed by atoms with Crippen molar-refractivity contribution in [3.63, 3.8) is 0 Å². The van der Waals surface area contributed by atoms with Gasteiger partial charge >= 0.3 is 0 Å². The Morgan fingerprint density at radius 1 is 1.32 bits per heavy atom. The molecule has 5 nitrogen and oxygen atoms in total. The number of hydrogen-bond acceptors (Lipinski definition) is 4. The zero-order chi connectivity index (χ0) is 17.3. The van der Waals surface area contributed by atoms with Crippen LogP contribution in [0.1, 0.15) is 31.2 Å². The van der Waals surface area contributed by atoms with Gasteiger partial charge in [-0.15, -0.1) is 12.3 Å². The molecule has 5 heteroatoms. The number of hydrogen-bond donors (Lipinski definition) is 1. The van der Waals surface area contributed by atoms with Crippen molar-refractivity contribution in [1.29, 1.82) is 0 Å². The van der Waals surface area contributed by atoms with Crippen LogP contribution >= 0.6 is 0 Å². The minimum atomic E-state index is -0.310. The summed E-state index contributed by atoms with van der Waals surface area (Å²) in [6.07, 6.45) is 8.57. The van der Waals surface area contributed by atoms with Crippen molar-refractivity contribution in [1.82, 2.24) is 10.2 Å². The van der Waals surface area contributed by atoms with Crippen molar-refractivity contribution in [3.05, 3.63) is 35.9 Å². The SMILES string of the molecule is C#CCCC1(CCNC(=O)[C@]23C[C@H]2CN(Cc2ccccc2)C3)N=N1. The Kier molecular flexibility index (Phi) is 4.09. The lowest BCUT2D eigenvalue weighted by molar-refractivity contribution is -0.126. The topological polar surface area (TPSA) is 57.1 Å². The third kappa shape index (κ3) is 3.32. The van der Waals surface area contributed by atoms with Crippen LogP contribution in [0.2, 0.25) is 0 Å². The first-order valence-corrected chi connectivity index (χ1v) is 9.08. The summed E-state index contributed by atoms with van der Waals surface area (Å²) in [4.78, 5) is 15.1. The lowest BCUT2D eigenvalue weighted by atomic mass is 10.0. The highest BCUT2D eigenvalue weighted by molar-refractivity contribution is 5.86. The van der Waals surface area contributed by atoms with Gasteiger partial charge in [0.1, 0.15) is 0 Å². The second-order valence-electron chi connectivity index (χ2n) is 7.60. The predicted octanol–water partition coefficient (Wildman–Crippen LogP) is 2.59. The minimum absolute atomic E-state index is 0.154. The van der Waals surface area contributed by atoms with E-state index in [0.717, 1.165) is 38.9 Å². The zero-order valence-electron chi connectivity index (χ0n) is 14.4. The smallest absolute Gasteiger partial charge is 0.227 e. The maximum absolute atomic E-state index is 12.7. The van der Waals surface area contributed by atoms with Gasteiger partial charge in [0.2, 0.25) is 5.91 Å². The average Bonchev–Trinajstić information content (AvgIpc) is 3.51. The van der Waals surface area contributed by atoms with Gasteiger partial charge < -0.3 is 5.32 Å². The Labute approximate surface area is 148 Å². The van der Waals surface area contributed by atoms with Gasteiger partial charge in [-0.05, 0) is 17.9 Å². The van der Waals surface area contributed by atoms with Gasteiger partial charge in [0.05, 0.1) is 5.41 Å². The van der Waals surface area contributed by atoms with E-state index in [-0.39, 0.29) is 17.0 Å². The van der Waals surface area contributed by atoms with E-state index in [0.29, 0.717) is 18.9 Å². The van der Waals surface area contributed by atoms with E-state index in [4.69, 9.17) is 6.42 Å². The number of fused-ring (bicyclic) bond motifs is 1. The number of carbonyl (C=O) groups excluding carboxylic acids is 1. The minimum Gasteiger partial charge on any atom is -0.355 e. The van der Waals surface area contributed by atoms with Crippen LogP contribution in [0.4, 0.5) is 0 Å². The molecule has 1 amide bonds. The molecule has 0 radical (unpaired) electrons. The molecule has 4 rings (SSSR count). The number of carbonyl (C=O) groups is 1. The summed E-state index contributed by atoms with van der Waals surface area (Å²) in [7, 11) is 0. The molecule has 3 aliphatic rings. The number of piperidine rings is 1. The van der Waals surface area contributed by atoms with Crippen LogP contribution in [-0.4, -0.2) is 36.1 Å². The summed E-state index contributed by atoms with van der Waals surface area (Å²) >= 11 is 0. The number of amides is 1. The van der Waals surface area contributed by atoms with E-state index in [9.17, 15) is 4.79 Å². The average molecular weight is 336 g/mol. The summed E-state index contributed by atoms with van der Waals surface area (Å²) in [6, 6.07) is 10.5. The third-order valence-corrected chi connectivity index (χ3v) is 5.78. The standard InChI is InChI=1S/C20H24N4O/c1-2-3-9-20(22-23-20)10-11-21-18(25)19-12-17(19)14-24(15-19)13-16-7-5-4-6-8-16/h1,4-8,17H,3,9-15H2,(H,21,25)/t17-,19-/m0/s1. The van der Waals surface area contributed by atoms with Crippen LogP contribution in [0.5, 0.6) is 0 Å². The molecule has 1 N–H and O–H groups in total. The molecular weight excluding hydrogens is 312 g/mol. The molecule has 1 saturated carbocycles. The molecule has 1 aromatic carbocycles. The predicted molar refractivity (Wildman–Crippen MR) is 95.5 cm³/mol. The molecule has 1 saturated heterocycles. The molecule has 1 aliphatic carbocycles. The van der Waals surface area contributed by atoms with Crippen LogP contribution in [0.15, 0.2) is 40.6 Å². The van der Waals surface area contributed by atoms with Crippen LogP contribution in [0.3, 0.4) is 0 Å². The Morgan fingerprint density at radius 3 is 2.84 bits per heavy atom. The molecule has 0 unspecified atom stereocenters. The molecule has 1 aromatic rings. The van der Waals surface area contributed by atoms with Crippen molar-refractivity contribution in [2.75, 3.05) is 19.6 Å². The first-order chi connectivity index (χ1) is 12.2. The molecule has 2 fully saturated rings. The van der Waals surface area contributed by atoms with Crippen molar-refractivity contribution >= 4 is 5.91 Å². The molecular formula is C20H24N4O. The third-order valence-electron chi connectivity index (χ3n) is 5.78. The van der Waals surface area contributed by atoms with Gasteiger partial charge in [0.15, 0.2) is 5.66 Å². The van der Waals surface area contributed by atoms with Gasteiger partial charge in [-0.25, -0.2) is 0 Å². The fourth-order valence-electron chi connectivity index (χ4n) is 4.12. The van der Waals surface area contributed by atoms with Gasteiger partial charge in [-0.1, -0.05) is 30.3 Å². The Morgan fingerprint density at radius 2 is 2.12 bits per heavy atom. The largest absolute Gasteiger partial charge is 0.355 e. The highest BCUT2D eigenvalue weighted by Crippen LogP contribution is 2.58. The maximum Gasteiger partial charge on any atom is 0.227 e. The lowest BCUT2D eigenvalue weighted by Crippen LogP contribution is -2.38. The fraction of sp³-hybridized carbons (Fsp3) is 0.550. The van der Waals surface area contributed by atoms with E-state index in [1.807, 2.05) is 6.07 Å². The number of terminal acetylenes is 1. The first kappa shape index (κ1) is 16.3. The van der Waals surface area contributed by atoms with E-state index in [1.54, 1.807) is 0 Å². The molecule has 2 aliphatic heterocycles. The van der Waals surface area contributed by atoms with Crippen LogP contribution < -0.4 is 5.32 Å². The van der Waals surface area contributed by atoms with Crippen molar-refractivity contribution in [2.45, 2.75) is 37.9 Å². The lowest BCUT2D eigenvalue weighted by Gasteiger charge is -2.20. The molecule has 2 atom stereocenters. The van der Waals surface area contributed by atoms with Gasteiger partial charge in [0.25, 0.3) is 0 Å². The summed E-state index contributed by atoms with van der Waals surface area (Å²) in [6.45, 7) is 3.46. The summed E-state index contributed by atoms with van der Waals surface area (Å²) in [5.41, 5.74) is 0.847. The van der Waals surface area contributed by atoms with Crippen LogP contribution in [0.25, 0.3) is 0 Å². The molecule has 2 heterocycles.